The van der Waals surface area contributed by atoms with Crippen molar-refractivity contribution in [3.05, 3.63) is 42.2 Å². The molecule has 0 atom stereocenters. The topological polar surface area (TPSA) is 119 Å². The van der Waals surface area contributed by atoms with E-state index in [1.165, 1.54) is 10.9 Å². The van der Waals surface area contributed by atoms with Gasteiger partial charge in [0.05, 0.1) is 18.8 Å². The number of nitrogens with two attached hydrogens (primary N) is 1. The predicted octanol–water partition coefficient (Wildman–Crippen LogP) is -0.263. The molecule has 0 saturated carbocycles. The fraction of sp³-hybridized carbons (Fsp3) is 0.143. The Hall–Kier alpha value is -3.16. The summed E-state index contributed by atoms with van der Waals surface area (Å²) < 4.78 is 7.01. The van der Waals surface area contributed by atoms with Crippen LogP contribution in [0.3, 0.4) is 0 Å². The lowest BCUT2D eigenvalue weighted by Gasteiger charge is -2.10. The Kier molecular flexibility index (Phi) is 3.57. The lowest BCUT2D eigenvalue weighted by molar-refractivity contribution is -0.306. The quantitative estimate of drug-likeness (QED) is 0.689. The molecule has 2 heterocycles. The van der Waals surface area contributed by atoms with Crippen LogP contribution in [0.5, 0.6) is 5.88 Å². The van der Waals surface area contributed by atoms with Crippen LogP contribution in [0.1, 0.15) is 5.56 Å². The summed E-state index contributed by atoms with van der Waals surface area (Å²) in [6.45, 7) is -0.103. The number of fused-ring (bicyclic) bond motifs is 1. The van der Waals surface area contributed by atoms with Gasteiger partial charge in [-0.1, -0.05) is 30.3 Å². The molecule has 112 valence electrons. The number of ether oxygens (including phenoxy) is 1. The molecule has 0 spiro atoms. The SMILES string of the molecule is Nc1nc(OCc2ccccc2)c2c(ncn2CC(=O)[O-])n1. The molecule has 0 aliphatic carbocycles. The summed E-state index contributed by atoms with van der Waals surface area (Å²) in [5, 5.41) is 10.8. The number of nitrogen functional groups attached to an aromatic ring is 1. The fourth-order valence-electron chi connectivity index (χ4n) is 2.05. The summed E-state index contributed by atoms with van der Waals surface area (Å²) in [4.78, 5) is 22.8. The zero-order chi connectivity index (χ0) is 15.5. The number of carboxylic acid groups (broad SMARTS) is 1. The molecule has 0 aliphatic rings. The van der Waals surface area contributed by atoms with E-state index in [-0.39, 0.29) is 30.6 Å². The Morgan fingerprint density at radius 1 is 1.27 bits per heavy atom. The minimum absolute atomic E-state index is 0.00858. The van der Waals surface area contributed by atoms with Gasteiger partial charge in [0.1, 0.15) is 6.61 Å². The first kappa shape index (κ1) is 13.8. The largest absolute Gasteiger partial charge is 0.548 e. The Morgan fingerprint density at radius 2 is 2.05 bits per heavy atom. The number of hydrogen-bond donors (Lipinski definition) is 1. The van der Waals surface area contributed by atoms with Crippen molar-refractivity contribution >= 4 is 23.1 Å². The normalized spacial score (nSPS) is 10.7. The van der Waals surface area contributed by atoms with Crippen LogP contribution in [0.15, 0.2) is 36.7 Å². The smallest absolute Gasteiger partial charge is 0.245 e. The molecule has 0 aliphatic heterocycles. The van der Waals surface area contributed by atoms with E-state index in [1.807, 2.05) is 30.3 Å². The lowest BCUT2D eigenvalue weighted by Crippen LogP contribution is -2.27. The van der Waals surface area contributed by atoms with Crippen LogP contribution < -0.4 is 15.6 Å². The van der Waals surface area contributed by atoms with Crippen LogP contribution in [-0.2, 0) is 17.9 Å². The molecule has 1 aromatic carbocycles. The predicted molar refractivity (Wildman–Crippen MR) is 75.5 cm³/mol. The molecule has 0 radical (unpaired) electrons. The standard InChI is InChI=1S/C14H13N5O3/c15-14-17-12-11(19(8-16-12)6-10(20)21)13(18-14)22-7-9-4-2-1-3-5-9/h1-5,8H,6-7H2,(H,20,21)(H2,15,17,18)/p-1. The van der Waals surface area contributed by atoms with E-state index >= 15 is 0 Å². The zero-order valence-electron chi connectivity index (χ0n) is 11.5. The van der Waals surface area contributed by atoms with Crippen molar-refractivity contribution in [1.82, 2.24) is 19.5 Å². The summed E-state index contributed by atoms with van der Waals surface area (Å²) in [6, 6.07) is 9.49. The van der Waals surface area contributed by atoms with Gasteiger partial charge < -0.3 is 24.9 Å². The summed E-state index contributed by atoms with van der Waals surface area (Å²) in [5.74, 6) is -1.05. The molecular formula is C14H12N5O3-. The maximum absolute atomic E-state index is 10.8. The minimum Gasteiger partial charge on any atom is -0.548 e. The van der Waals surface area contributed by atoms with Crippen LogP contribution in [0.2, 0.25) is 0 Å². The van der Waals surface area contributed by atoms with E-state index in [4.69, 9.17) is 10.5 Å². The van der Waals surface area contributed by atoms with Crippen molar-refractivity contribution in [1.29, 1.82) is 0 Å². The van der Waals surface area contributed by atoms with E-state index in [0.717, 1.165) is 5.56 Å². The van der Waals surface area contributed by atoms with Crippen molar-refractivity contribution in [2.75, 3.05) is 5.73 Å². The van der Waals surface area contributed by atoms with Gasteiger partial charge in [-0.25, -0.2) is 4.98 Å². The molecule has 2 N–H and O–H groups in total. The number of carboxylic acids is 1. The third kappa shape index (κ3) is 2.80. The van der Waals surface area contributed by atoms with Gasteiger partial charge in [-0.3, -0.25) is 0 Å². The van der Waals surface area contributed by atoms with Crippen LogP contribution in [0.25, 0.3) is 11.2 Å². The van der Waals surface area contributed by atoms with Crippen LogP contribution in [-0.4, -0.2) is 25.5 Å². The zero-order valence-corrected chi connectivity index (χ0v) is 11.5. The van der Waals surface area contributed by atoms with Gasteiger partial charge in [0.2, 0.25) is 11.8 Å². The highest BCUT2D eigenvalue weighted by Crippen LogP contribution is 2.23. The first-order valence-corrected chi connectivity index (χ1v) is 6.48. The highest BCUT2D eigenvalue weighted by atomic mass is 16.5. The van der Waals surface area contributed by atoms with Gasteiger partial charge in [-0.05, 0) is 5.56 Å². The summed E-state index contributed by atoms with van der Waals surface area (Å²) in [5.41, 5.74) is 7.21. The monoisotopic (exact) mass is 298 g/mol. The number of nitrogens with zero attached hydrogens (tertiary/aromatic N) is 4. The third-order valence-electron chi connectivity index (χ3n) is 2.98. The molecule has 22 heavy (non-hydrogen) atoms. The van der Waals surface area contributed by atoms with Crippen molar-refractivity contribution in [3.63, 3.8) is 0 Å². The van der Waals surface area contributed by atoms with E-state index in [1.54, 1.807) is 0 Å². The molecule has 0 bridgehead atoms. The molecule has 0 unspecified atom stereocenters. The van der Waals surface area contributed by atoms with Gasteiger partial charge in [0.25, 0.3) is 0 Å². The van der Waals surface area contributed by atoms with Gasteiger partial charge >= 0.3 is 0 Å². The fourth-order valence-corrected chi connectivity index (χ4v) is 2.05. The molecule has 3 aromatic rings. The Bertz CT molecular complexity index is 816. The second-order valence-electron chi connectivity index (χ2n) is 4.58. The number of rotatable bonds is 5. The Labute approximate surface area is 125 Å². The molecule has 8 nitrogen and oxygen atoms in total. The molecular weight excluding hydrogens is 286 g/mol. The maximum atomic E-state index is 10.8. The Morgan fingerprint density at radius 3 is 2.77 bits per heavy atom. The minimum atomic E-state index is -1.25. The van der Waals surface area contributed by atoms with Gasteiger partial charge in [0.15, 0.2) is 11.2 Å². The first-order chi connectivity index (χ1) is 10.6. The number of hydrogen-bond acceptors (Lipinski definition) is 7. The summed E-state index contributed by atoms with van der Waals surface area (Å²) >= 11 is 0. The first-order valence-electron chi connectivity index (χ1n) is 6.48. The maximum Gasteiger partial charge on any atom is 0.245 e. The van der Waals surface area contributed by atoms with Crippen LogP contribution >= 0.6 is 0 Å². The molecule has 0 saturated heterocycles. The molecule has 2 aromatic heterocycles. The number of imidazole rings is 1. The molecule has 0 fully saturated rings. The number of carbonyl (C=O) groups is 1. The number of aliphatic carboxylic acids is 1. The lowest BCUT2D eigenvalue weighted by atomic mass is 10.2. The average molecular weight is 298 g/mol. The van der Waals surface area contributed by atoms with E-state index in [0.29, 0.717) is 5.52 Å². The van der Waals surface area contributed by atoms with Gasteiger partial charge in [0, 0.05) is 0 Å². The van der Waals surface area contributed by atoms with E-state index in [9.17, 15) is 9.90 Å². The van der Waals surface area contributed by atoms with Gasteiger partial charge in [-0.2, -0.15) is 9.97 Å². The van der Waals surface area contributed by atoms with Crippen molar-refractivity contribution < 1.29 is 14.6 Å². The average Bonchev–Trinajstić information content (AvgIpc) is 2.88. The van der Waals surface area contributed by atoms with Crippen LogP contribution in [0, 0.1) is 0 Å². The number of anilines is 1. The number of carbonyl (C=O) groups excluding carboxylic acids is 1. The van der Waals surface area contributed by atoms with Crippen LogP contribution in [0.4, 0.5) is 5.95 Å². The van der Waals surface area contributed by atoms with Crippen molar-refractivity contribution in [3.8, 4) is 5.88 Å². The third-order valence-corrected chi connectivity index (χ3v) is 2.98. The highest BCUT2D eigenvalue weighted by molar-refractivity contribution is 5.79. The Balaban J connectivity index is 1.96. The van der Waals surface area contributed by atoms with Crippen molar-refractivity contribution in [2.45, 2.75) is 13.2 Å². The van der Waals surface area contributed by atoms with E-state index in [2.05, 4.69) is 15.0 Å². The van der Waals surface area contributed by atoms with Gasteiger partial charge in [-0.15, -0.1) is 0 Å². The summed E-state index contributed by atoms with van der Waals surface area (Å²) in [6.07, 6.45) is 1.34. The highest BCUT2D eigenvalue weighted by Gasteiger charge is 2.14. The molecule has 0 amide bonds. The second-order valence-corrected chi connectivity index (χ2v) is 4.58. The van der Waals surface area contributed by atoms with E-state index < -0.39 is 5.97 Å². The summed E-state index contributed by atoms with van der Waals surface area (Å²) in [7, 11) is 0. The molecule has 3 rings (SSSR count). The van der Waals surface area contributed by atoms with Crippen molar-refractivity contribution in [2.24, 2.45) is 0 Å². The number of benzene rings is 1. The molecule has 8 heteroatoms. The number of aromatic nitrogens is 4. The second kappa shape index (κ2) is 5.68.